The van der Waals surface area contributed by atoms with E-state index in [4.69, 9.17) is 9.47 Å². The monoisotopic (exact) mass is 387 g/mol. The normalized spacial score (nSPS) is 11.1. The molecule has 0 aliphatic carbocycles. The van der Waals surface area contributed by atoms with Crippen molar-refractivity contribution in [2.24, 2.45) is 7.05 Å². The molecule has 0 spiro atoms. The molecule has 0 aliphatic rings. The number of methoxy groups -OCH3 is 1. The fourth-order valence-electron chi connectivity index (χ4n) is 3.36. The predicted octanol–water partition coefficient (Wildman–Crippen LogP) is 4.24. The van der Waals surface area contributed by atoms with Crippen LogP contribution in [0.1, 0.15) is 15.9 Å². The number of aromatic nitrogens is 3. The first-order valence-corrected chi connectivity index (χ1v) is 9.24. The van der Waals surface area contributed by atoms with Crippen molar-refractivity contribution in [3.8, 4) is 22.3 Å². The summed E-state index contributed by atoms with van der Waals surface area (Å²) in [5, 5.41) is 8.41. The SMILES string of the molecule is COCOCc1cc(-c2ccc(-c3cccc(C=O)c3)cc2)cc2c1nnn2C. The standard InChI is InChI=1S/C23H21N3O3/c1-26-22-12-20(11-21(14-29-15-28-2)23(22)24-25-26)18-8-6-17(7-9-18)19-5-3-4-16(10-19)13-27/h3-13H,14-15H2,1-2H3. The van der Waals surface area contributed by atoms with E-state index in [2.05, 4.69) is 46.7 Å². The highest BCUT2D eigenvalue weighted by atomic mass is 16.7. The topological polar surface area (TPSA) is 66.2 Å². The molecule has 6 nitrogen and oxygen atoms in total. The van der Waals surface area contributed by atoms with Gasteiger partial charge < -0.3 is 9.47 Å². The Kier molecular flexibility index (Phi) is 5.46. The van der Waals surface area contributed by atoms with Crippen molar-refractivity contribution in [1.82, 2.24) is 15.0 Å². The quantitative estimate of drug-likeness (QED) is 0.270. The molecule has 0 N–H and O–H groups in total. The number of ether oxygens (including phenoxy) is 2. The zero-order valence-corrected chi connectivity index (χ0v) is 16.3. The molecule has 4 rings (SSSR count). The van der Waals surface area contributed by atoms with Gasteiger partial charge in [0.05, 0.1) is 12.1 Å². The van der Waals surface area contributed by atoms with E-state index < -0.39 is 0 Å². The summed E-state index contributed by atoms with van der Waals surface area (Å²) in [6, 6.07) is 20.0. The highest BCUT2D eigenvalue weighted by molar-refractivity contribution is 5.85. The van der Waals surface area contributed by atoms with Crippen LogP contribution in [-0.4, -0.2) is 35.2 Å². The van der Waals surface area contributed by atoms with Crippen molar-refractivity contribution >= 4 is 17.3 Å². The minimum atomic E-state index is 0.223. The molecule has 4 aromatic rings. The summed E-state index contributed by atoms with van der Waals surface area (Å²) in [7, 11) is 3.47. The molecule has 0 radical (unpaired) electrons. The number of rotatable bonds is 7. The molecule has 0 atom stereocenters. The third kappa shape index (κ3) is 3.94. The Hall–Kier alpha value is -3.35. The Morgan fingerprint density at radius 3 is 2.45 bits per heavy atom. The number of fused-ring (bicyclic) bond motifs is 1. The number of nitrogens with zero attached hydrogens (tertiary/aromatic N) is 3. The molecule has 1 heterocycles. The second-order valence-corrected chi connectivity index (χ2v) is 6.79. The smallest absolute Gasteiger partial charge is 0.150 e. The molecule has 0 fully saturated rings. The number of aryl methyl sites for hydroxylation is 1. The first-order chi connectivity index (χ1) is 14.2. The van der Waals surface area contributed by atoms with Gasteiger partial charge in [-0.05, 0) is 40.5 Å². The van der Waals surface area contributed by atoms with Crippen molar-refractivity contribution in [2.75, 3.05) is 13.9 Å². The van der Waals surface area contributed by atoms with Crippen LogP contribution in [0.15, 0.2) is 60.7 Å². The molecular formula is C23H21N3O3. The van der Waals surface area contributed by atoms with Gasteiger partial charge in [0.25, 0.3) is 0 Å². The van der Waals surface area contributed by atoms with Crippen LogP contribution in [0.25, 0.3) is 33.3 Å². The first kappa shape index (κ1) is 19.0. The minimum Gasteiger partial charge on any atom is -0.359 e. The largest absolute Gasteiger partial charge is 0.359 e. The van der Waals surface area contributed by atoms with Gasteiger partial charge in [-0.25, -0.2) is 4.68 Å². The van der Waals surface area contributed by atoms with Gasteiger partial charge in [-0.1, -0.05) is 47.7 Å². The van der Waals surface area contributed by atoms with Gasteiger partial charge in [0.15, 0.2) is 0 Å². The molecule has 29 heavy (non-hydrogen) atoms. The molecule has 146 valence electrons. The van der Waals surface area contributed by atoms with Crippen LogP contribution in [0.4, 0.5) is 0 Å². The number of carbonyl (C=O) groups is 1. The summed E-state index contributed by atoms with van der Waals surface area (Å²) < 4.78 is 12.3. The van der Waals surface area contributed by atoms with Crippen molar-refractivity contribution < 1.29 is 14.3 Å². The molecule has 6 heteroatoms. The van der Waals surface area contributed by atoms with Gasteiger partial charge in [-0.2, -0.15) is 0 Å². The lowest BCUT2D eigenvalue weighted by Crippen LogP contribution is -1.98. The number of hydrogen-bond acceptors (Lipinski definition) is 5. The molecule has 0 amide bonds. The lowest BCUT2D eigenvalue weighted by molar-refractivity contribution is -0.0387. The van der Waals surface area contributed by atoms with E-state index in [1.807, 2.05) is 25.2 Å². The summed E-state index contributed by atoms with van der Waals surface area (Å²) >= 11 is 0. The van der Waals surface area contributed by atoms with Gasteiger partial charge in [0.1, 0.15) is 18.6 Å². The predicted molar refractivity (Wildman–Crippen MR) is 111 cm³/mol. The van der Waals surface area contributed by atoms with E-state index in [-0.39, 0.29) is 6.79 Å². The summed E-state index contributed by atoms with van der Waals surface area (Å²) in [5.41, 5.74) is 7.62. The van der Waals surface area contributed by atoms with Crippen LogP contribution >= 0.6 is 0 Å². The van der Waals surface area contributed by atoms with E-state index in [1.54, 1.807) is 17.9 Å². The first-order valence-electron chi connectivity index (χ1n) is 9.24. The second kappa shape index (κ2) is 8.34. The van der Waals surface area contributed by atoms with Gasteiger partial charge >= 0.3 is 0 Å². The molecule has 0 bridgehead atoms. The third-order valence-corrected chi connectivity index (χ3v) is 4.83. The summed E-state index contributed by atoms with van der Waals surface area (Å²) in [6.07, 6.45) is 0.863. The van der Waals surface area contributed by atoms with E-state index in [9.17, 15) is 4.79 Å². The van der Waals surface area contributed by atoms with Gasteiger partial charge in [-0.15, -0.1) is 5.10 Å². The molecule has 1 aromatic heterocycles. The van der Waals surface area contributed by atoms with E-state index in [0.717, 1.165) is 45.1 Å². The van der Waals surface area contributed by atoms with Crippen molar-refractivity contribution in [3.05, 3.63) is 71.8 Å². The van der Waals surface area contributed by atoms with E-state index >= 15 is 0 Å². The lowest BCUT2D eigenvalue weighted by atomic mass is 9.98. The maximum absolute atomic E-state index is 11.0. The number of carbonyl (C=O) groups excluding carboxylic acids is 1. The van der Waals surface area contributed by atoms with Gasteiger partial charge in [0.2, 0.25) is 0 Å². The second-order valence-electron chi connectivity index (χ2n) is 6.79. The Labute approximate surface area is 168 Å². The Morgan fingerprint density at radius 1 is 0.966 bits per heavy atom. The minimum absolute atomic E-state index is 0.223. The average Bonchev–Trinajstić information content (AvgIpc) is 3.15. The van der Waals surface area contributed by atoms with Crippen LogP contribution < -0.4 is 0 Å². The number of aldehydes is 1. The summed E-state index contributed by atoms with van der Waals surface area (Å²) in [6.45, 7) is 0.619. The Balaban J connectivity index is 1.70. The van der Waals surface area contributed by atoms with Crippen LogP contribution in [0.3, 0.4) is 0 Å². The van der Waals surface area contributed by atoms with Gasteiger partial charge in [-0.3, -0.25) is 4.79 Å². The molecular weight excluding hydrogens is 366 g/mol. The van der Waals surface area contributed by atoms with Crippen LogP contribution in [-0.2, 0) is 23.1 Å². The van der Waals surface area contributed by atoms with E-state index in [0.29, 0.717) is 12.2 Å². The zero-order chi connectivity index (χ0) is 20.2. The van der Waals surface area contributed by atoms with Crippen LogP contribution in [0.5, 0.6) is 0 Å². The van der Waals surface area contributed by atoms with Crippen LogP contribution in [0.2, 0.25) is 0 Å². The maximum Gasteiger partial charge on any atom is 0.150 e. The van der Waals surface area contributed by atoms with Crippen molar-refractivity contribution in [3.63, 3.8) is 0 Å². The highest BCUT2D eigenvalue weighted by Crippen LogP contribution is 2.29. The van der Waals surface area contributed by atoms with Crippen molar-refractivity contribution in [1.29, 1.82) is 0 Å². The molecule has 3 aromatic carbocycles. The molecule has 0 aliphatic heterocycles. The Bertz CT molecular complexity index is 1150. The average molecular weight is 387 g/mol. The fourth-order valence-corrected chi connectivity index (χ4v) is 3.36. The number of hydrogen-bond donors (Lipinski definition) is 0. The third-order valence-electron chi connectivity index (χ3n) is 4.83. The van der Waals surface area contributed by atoms with Crippen molar-refractivity contribution in [2.45, 2.75) is 6.61 Å². The molecule has 0 unspecified atom stereocenters. The maximum atomic E-state index is 11.0. The molecule has 0 saturated carbocycles. The summed E-state index contributed by atoms with van der Waals surface area (Å²) in [4.78, 5) is 11.0. The number of benzene rings is 3. The van der Waals surface area contributed by atoms with Crippen LogP contribution in [0, 0.1) is 0 Å². The summed E-state index contributed by atoms with van der Waals surface area (Å²) in [5.74, 6) is 0. The lowest BCUT2D eigenvalue weighted by Gasteiger charge is -2.09. The fraction of sp³-hybridized carbons (Fsp3) is 0.174. The molecule has 0 saturated heterocycles. The van der Waals surface area contributed by atoms with E-state index in [1.165, 1.54) is 0 Å². The Morgan fingerprint density at radius 2 is 1.72 bits per heavy atom. The highest BCUT2D eigenvalue weighted by Gasteiger charge is 2.12. The zero-order valence-electron chi connectivity index (χ0n) is 16.3. The van der Waals surface area contributed by atoms with Gasteiger partial charge in [0, 0.05) is 25.3 Å².